The van der Waals surface area contributed by atoms with E-state index in [1.165, 1.54) is 0 Å². The number of hydrogen-bond acceptors (Lipinski definition) is 3. The van der Waals surface area contributed by atoms with Crippen LogP contribution in [0, 0.1) is 0 Å². The van der Waals surface area contributed by atoms with Gasteiger partial charge in [0, 0.05) is 12.8 Å². The topological polar surface area (TPSA) is 30.5 Å². The summed E-state index contributed by atoms with van der Waals surface area (Å²) in [6.45, 7) is 2.06. The minimum atomic E-state index is -0.194. The van der Waals surface area contributed by atoms with Crippen LogP contribution < -0.4 is 5.48 Å². The molecule has 0 saturated heterocycles. The molecule has 1 atom stereocenters. The maximum absolute atomic E-state index is 4.94. The smallest absolute Gasteiger partial charge is 0.204 e. The van der Waals surface area contributed by atoms with Crippen molar-refractivity contribution >= 4 is 0 Å². The summed E-state index contributed by atoms with van der Waals surface area (Å²) >= 11 is 0. The molecule has 1 N–H and O–H groups in total. The summed E-state index contributed by atoms with van der Waals surface area (Å²) in [5.74, 6) is 0. The molecule has 0 aromatic heterocycles. The number of methoxy groups -OCH3 is 1. The lowest BCUT2D eigenvalue weighted by Crippen LogP contribution is -2.13. The van der Waals surface area contributed by atoms with Gasteiger partial charge in [0.15, 0.2) is 0 Å². The summed E-state index contributed by atoms with van der Waals surface area (Å²) in [6, 6.07) is 0. The molecule has 0 radical (unpaired) electrons. The van der Waals surface area contributed by atoms with Gasteiger partial charge in [0.25, 0.3) is 0 Å². The van der Waals surface area contributed by atoms with E-state index in [1.807, 2.05) is 6.08 Å². The Hall–Kier alpha value is -0.540. The van der Waals surface area contributed by atoms with Crippen LogP contribution in [0.3, 0.4) is 0 Å². The van der Waals surface area contributed by atoms with Crippen LogP contribution >= 0.6 is 0 Å². The van der Waals surface area contributed by atoms with E-state index in [1.54, 1.807) is 7.11 Å². The SMILES string of the molecule is CCC1=CC(OC)ON1. The van der Waals surface area contributed by atoms with Crippen molar-refractivity contribution in [2.75, 3.05) is 7.11 Å². The van der Waals surface area contributed by atoms with Gasteiger partial charge in [0.05, 0.1) is 0 Å². The average Bonchev–Trinajstić information content (AvgIpc) is 2.34. The van der Waals surface area contributed by atoms with Crippen LogP contribution in [0.5, 0.6) is 0 Å². The van der Waals surface area contributed by atoms with Gasteiger partial charge in [-0.3, -0.25) is 5.48 Å². The van der Waals surface area contributed by atoms with Gasteiger partial charge >= 0.3 is 0 Å². The van der Waals surface area contributed by atoms with Crippen LogP contribution in [0.2, 0.25) is 0 Å². The summed E-state index contributed by atoms with van der Waals surface area (Å²) in [6.07, 6.45) is 2.68. The molecule has 1 aliphatic rings. The molecule has 1 unspecified atom stereocenters. The molecule has 0 aromatic rings. The van der Waals surface area contributed by atoms with Gasteiger partial charge in [-0.1, -0.05) is 6.92 Å². The molecular weight excluding hydrogens is 118 g/mol. The van der Waals surface area contributed by atoms with Gasteiger partial charge in [-0.15, -0.1) is 0 Å². The van der Waals surface area contributed by atoms with E-state index in [-0.39, 0.29) is 6.29 Å². The highest BCUT2D eigenvalue weighted by Crippen LogP contribution is 2.08. The number of hydrogen-bond donors (Lipinski definition) is 1. The molecule has 0 fully saturated rings. The Labute approximate surface area is 54.6 Å². The number of allylic oxidation sites excluding steroid dienone is 1. The maximum Gasteiger partial charge on any atom is 0.204 e. The Balaban J connectivity index is 2.40. The lowest BCUT2D eigenvalue weighted by Gasteiger charge is -2.02. The van der Waals surface area contributed by atoms with Crippen molar-refractivity contribution < 1.29 is 9.57 Å². The first-order valence-electron chi connectivity index (χ1n) is 3.02. The van der Waals surface area contributed by atoms with E-state index in [2.05, 4.69) is 12.4 Å². The minimum absolute atomic E-state index is 0.194. The highest BCUT2D eigenvalue weighted by atomic mass is 16.8. The Morgan fingerprint density at radius 3 is 3.00 bits per heavy atom. The van der Waals surface area contributed by atoms with Gasteiger partial charge in [0.1, 0.15) is 0 Å². The van der Waals surface area contributed by atoms with Gasteiger partial charge in [-0.05, 0) is 12.5 Å². The van der Waals surface area contributed by atoms with Crippen molar-refractivity contribution in [1.29, 1.82) is 0 Å². The van der Waals surface area contributed by atoms with Gasteiger partial charge in [0.2, 0.25) is 6.29 Å². The Bertz CT molecular complexity index is 122. The normalized spacial score (nSPS) is 25.6. The van der Waals surface area contributed by atoms with Gasteiger partial charge in [-0.25, -0.2) is 4.84 Å². The van der Waals surface area contributed by atoms with E-state index < -0.39 is 0 Å². The van der Waals surface area contributed by atoms with Crippen molar-refractivity contribution in [3.63, 3.8) is 0 Å². The number of hydroxylamine groups is 1. The van der Waals surface area contributed by atoms with Crippen LogP contribution in [0.15, 0.2) is 11.8 Å². The third-order valence-electron chi connectivity index (χ3n) is 1.26. The summed E-state index contributed by atoms with van der Waals surface area (Å²) < 4.78 is 4.88. The van der Waals surface area contributed by atoms with Crippen molar-refractivity contribution in [2.24, 2.45) is 0 Å². The third-order valence-corrected chi connectivity index (χ3v) is 1.26. The molecule has 0 aromatic carbocycles. The predicted molar refractivity (Wildman–Crippen MR) is 33.4 cm³/mol. The molecule has 0 aliphatic carbocycles. The second-order valence-electron chi connectivity index (χ2n) is 1.87. The Morgan fingerprint density at radius 1 is 1.89 bits per heavy atom. The van der Waals surface area contributed by atoms with E-state index in [0.29, 0.717) is 0 Å². The summed E-state index contributed by atoms with van der Waals surface area (Å²) in [5.41, 5.74) is 3.83. The highest BCUT2D eigenvalue weighted by Gasteiger charge is 2.12. The van der Waals surface area contributed by atoms with Crippen LogP contribution in [-0.2, 0) is 9.57 Å². The van der Waals surface area contributed by atoms with Crippen molar-refractivity contribution in [3.05, 3.63) is 11.8 Å². The molecule has 3 heteroatoms. The summed E-state index contributed by atoms with van der Waals surface area (Å²) in [7, 11) is 1.61. The first-order chi connectivity index (χ1) is 4.36. The Morgan fingerprint density at radius 2 is 2.67 bits per heavy atom. The molecule has 1 rings (SSSR count). The standard InChI is InChI=1S/C6H11NO2/c1-3-5-4-6(8-2)9-7-5/h4,6-7H,3H2,1-2H3. The lowest BCUT2D eigenvalue weighted by molar-refractivity contribution is -0.109. The molecule has 1 heterocycles. The van der Waals surface area contributed by atoms with Crippen LogP contribution in [0.25, 0.3) is 0 Å². The molecule has 9 heavy (non-hydrogen) atoms. The van der Waals surface area contributed by atoms with E-state index in [9.17, 15) is 0 Å². The number of rotatable bonds is 2. The molecule has 0 amide bonds. The highest BCUT2D eigenvalue weighted by molar-refractivity contribution is 5.02. The molecule has 0 saturated carbocycles. The van der Waals surface area contributed by atoms with E-state index >= 15 is 0 Å². The maximum atomic E-state index is 4.94. The van der Waals surface area contributed by atoms with Crippen LogP contribution in [0.1, 0.15) is 13.3 Å². The average molecular weight is 129 g/mol. The number of ether oxygens (including phenoxy) is 1. The largest absolute Gasteiger partial charge is 0.350 e. The first kappa shape index (κ1) is 6.58. The Kier molecular flexibility index (Phi) is 2.08. The van der Waals surface area contributed by atoms with Crippen molar-refractivity contribution in [3.8, 4) is 0 Å². The molecule has 52 valence electrons. The fourth-order valence-electron chi connectivity index (χ4n) is 0.672. The van der Waals surface area contributed by atoms with Crippen LogP contribution in [-0.4, -0.2) is 13.4 Å². The molecule has 3 nitrogen and oxygen atoms in total. The number of nitrogens with one attached hydrogen (secondary N) is 1. The predicted octanol–water partition coefficient (Wildman–Crippen LogP) is 0.788. The molecule has 1 aliphatic heterocycles. The van der Waals surface area contributed by atoms with Gasteiger partial charge in [-0.2, -0.15) is 0 Å². The van der Waals surface area contributed by atoms with E-state index in [4.69, 9.17) is 9.57 Å². The fraction of sp³-hybridized carbons (Fsp3) is 0.667. The second-order valence-corrected chi connectivity index (χ2v) is 1.87. The third kappa shape index (κ3) is 1.43. The van der Waals surface area contributed by atoms with Crippen molar-refractivity contribution in [1.82, 2.24) is 5.48 Å². The fourth-order valence-corrected chi connectivity index (χ4v) is 0.672. The zero-order valence-corrected chi connectivity index (χ0v) is 5.68. The lowest BCUT2D eigenvalue weighted by atomic mass is 10.3. The van der Waals surface area contributed by atoms with Gasteiger partial charge < -0.3 is 4.74 Å². The second kappa shape index (κ2) is 2.85. The first-order valence-corrected chi connectivity index (χ1v) is 3.02. The molecular formula is C6H11NO2. The monoisotopic (exact) mass is 129 g/mol. The zero-order valence-electron chi connectivity index (χ0n) is 5.68. The quantitative estimate of drug-likeness (QED) is 0.597. The molecule has 0 spiro atoms. The molecule has 0 bridgehead atoms. The van der Waals surface area contributed by atoms with E-state index in [0.717, 1.165) is 12.1 Å². The summed E-state index contributed by atoms with van der Waals surface area (Å²) in [4.78, 5) is 4.94. The van der Waals surface area contributed by atoms with Crippen molar-refractivity contribution in [2.45, 2.75) is 19.6 Å². The van der Waals surface area contributed by atoms with Crippen LogP contribution in [0.4, 0.5) is 0 Å². The zero-order chi connectivity index (χ0) is 6.69. The minimum Gasteiger partial charge on any atom is -0.350 e. The summed E-state index contributed by atoms with van der Waals surface area (Å²) in [5, 5.41) is 0.